The predicted molar refractivity (Wildman–Crippen MR) is 103 cm³/mol. The normalized spacial score (nSPS) is 26.8. The van der Waals surface area contributed by atoms with E-state index in [1.165, 1.54) is 11.9 Å². The maximum atomic E-state index is 13.0. The van der Waals surface area contributed by atoms with Gasteiger partial charge < -0.3 is 10.0 Å². The van der Waals surface area contributed by atoms with Crippen LogP contribution in [0.15, 0.2) is 18.2 Å². The van der Waals surface area contributed by atoms with Crippen LogP contribution < -0.4 is 10.0 Å². The first kappa shape index (κ1) is 18.6. The summed E-state index contributed by atoms with van der Waals surface area (Å²) in [5.41, 5.74) is 1.41. The van der Waals surface area contributed by atoms with E-state index in [2.05, 4.69) is 36.0 Å². The van der Waals surface area contributed by atoms with Crippen LogP contribution in [0.5, 0.6) is 0 Å². The summed E-state index contributed by atoms with van der Waals surface area (Å²) < 4.78 is 3.22. The summed E-state index contributed by atoms with van der Waals surface area (Å²) in [7, 11) is 0. The third-order valence-electron chi connectivity index (χ3n) is 5.66. The van der Waals surface area contributed by atoms with E-state index in [0.29, 0.717) is 22.1 Å². The summed E-state index contributed by atoms with van der Waals surface area (Å²) in [6, 6.07) is 9.76. The number of amides is 1. The summed E-state index contributed by atoms with van der Waals surface area (Å²) in [6.07, 6.45) is 5.20. The van der Waals surface area contributed by atoms with Gasteiger partial charge in [-0.1, -0.05) is 13.8 Å². The van der Waals surface area contributed by atoms with E-state index in [1.54, 1.807) is 18.2 Å². The largest absolute Gasteiger partial charge is 0.347 e. The average Bonchev–Trinajstić information content (AvgIpc) is 2.67. The van der Waals surface area contributed by atoms with Crippen LogP contribution in [0.4, 0.5) is 5.69 Å². The molecule has 3 aliphatic rings. The van der Waals surface area contributed by atoms with Crippen molar-refractivity contribution in [3.05, 3.63) is 29.3 Å². The molecular weight excluding hydrogens is 344 g/mol. The SMILES string of the molecule is CC(C)SNc1cc(C#N)ccc1C(=O)NC12CCC(C#N)(CC1)CC2. The Balaban J connectivity index is 1.78. The fourth-order valence-corrected chi connectivity index (χ4v) is 4.46. The molecule has 1 aromatic carbocycles. The summed E-state index contributed by atoms with van der Waals surface area (Å²) in [6.45, 7) is 4.13. The monoisotopic (exact) mass is 368 g/mol. The van der Waals surface area contributed by atoms with Crippen LogP contribution in [0.1, 0.15) is 68.3 Å². The molecular formula is C20H24N4OS. The Morgan fingerprint density at radius 2 is 1.81 bits per heavy atom. The highest BCUT2D eigenvalue weighted by molar-refractivity contribution is 8.01. The van der Waals surface area contributed by atoms with Crippen molar-refractivity contribution in [2.75, 3.05) is 4.72 Å². The molecule has 2 N–H and O–H groups in total. The van der Waals surface area contributed by atoms with Crippen LogP contribution in [-0.2, 0) is 0 Å². The topological polar surface area (TPSA) is 88.7 Å². The molecule has 2 bridgehead atoms. The molecule has 6 heteroatoms. The van der Waals surface area contributed by atoms with Gasteiger partial charge in [-0.3, -0.25) is 4.79 Å². The zero-order chi connectivity index (χ0) is 18.8. The molecule has 0 radical (unpaired) electrons. The smallest absolute Gasteiger partial charge is 0.253 e. The highest BCUT2D eigenvalue weighted by atomic mass is 32.2. The maximum Gasteiger partial charge on any atom is 0.253 e. The van der Waals surface area contributed by atoms with Gasteiger partial charge in [0.05, 0.1) is 34.4 Å². The van der Waals surface area contributed by atoms with Crippen molar-refractivity contribution >= 4 is 23.5 Å². The van der Waals surface area contributed by atoms with Crippen molar-refractivity contribution in [2.45, 2.75) is 63.2 Å². The zero-order valence-electron chi connectivity index (χ0n) is 15.3. The molecule has 0 unspecified atom stereocenters. The molecule has 0 saturated heterocycles. The number of nitrogens with one attached hydrogen (secondary N) is 2. The van der Waals surface area contributed by atoms with Crippen molar-refractivity contribution in [3.8, 4) is 12.1 Å². The molecule has 1 aromatic rings. The number of anilines is 1. The predicted octanol–water partition coefficient (Wildman–Crippen LogP) is 4.37. The van der Waals surface area contributed by atoms with Gasteiger partial charge in [-0.25, -0.2) is 0 Å². The van der Waals surface area contributed by atoms with E-state index >= 15 is 0 Å². The number of hydrogen-bond donors (Lipinski definition) is 2. The standard InChI is InChI=1S/C20H24N4OS/c1-14(2)26-24-17-11-15(12-21)3-4-16(17)18(25)23-20-8-5-19(13-22,6-9-20)7-10-20/h3-4,11,14,24H,5-10H2,1-2H3,(H,23,25). The van der Waals surface area contributed by atoms with Gasteiger partial charge in [-0.15, -0.1) is 0 Å². The van der Waals surface area contributed by atoms with Crippen LogP contribution >= 0.6 is 11.9 Å². The van der Waals surface area contributed by atoms with E-state index in [0.717, 1.165) is 38.5 Å². The molecule has 136 valence electrons. The van der Waals surface area contributed by atoms with E-state index in [9.17, 15) is 10.1 Å². The molecule has 0 aliphatic heterocycles. The van der Waals surface area contributed by atoms with Gasteiger partial charge in [0, 0.05) is 10.8 Å². The summed E-state index contributed by atoms with van der Waals surface area (Å²) in [4.78, 5) is 13.0. The summed E-state index contributed by atoms with van der Waals surface area (Å²) in [5, 5.41) is 22.2. The zero-order valence-corrected chi connectivity index (χ0v) is 16.1. The Labute approximate surface area is 159 Å². The van der Waals surface area contributed by atoms with Gasteiger partial charge in [0.2, 0.25) is 0 Å². The molecule has 0 spiro atoms. The number of nitriles is 2. The van der Waals surface area contributed by atoms with Crippen molar-refractivity contribution in [2.24, 2.45) is 5.41 Å². The molecule has 0 aromatic heterocycles. The lowest BCUT2D eigenvalue weighted by Gasteiger charge is -2.50. The lowest BCUT2D eigenvalue weighted by molar-refractivity contribution is 0.0522. The molecule has 3 fully saturated rings. The van der Waals surface area contributed by atoms with Crippen LogP contribution in [0.3, 0.4) is 0 Å². The quantitative estimate of drug-likeness (QED) is 0.753. The second-order valence-corrected chi connectivity index (χ2v) is 9.15. The third-order valence-corrected chi connectivity index (χ3v) is 6.47. The lowest BCUT2D eigenvalue weighted by atomic mass is 9.58. The van der Waals surface area contributed by atoms with Gasteiger partial charge in [-0.2, -0.15) is 10.5 Å². The minimum Gasteiger partial charge on any atom is -0.347 e. The lowest BCUT2D eigenvalue weighted by Crippen LogP contribution is -2.56. The first-order valence-electron chi connectivity index (χ1n) is 9.11. The average molecular weight is 369 g/mol. The Morgan fingerprint density at radius 1 is 1.15 bits per heavy atom. The van der Waals surface area contributed by atoms with Gasteiger partial charge in [0.15, 0.2) is 0 Å². The first-order valence-corrected chi connectivity index (χ1v) is 9.98. The van der Waals surface area contributed by atoms with E-state index in [1.807, 2.05) is 0 Å². The van der Waals surface area contributed by atoms with Crippen LogP contribution in [0.25, 0.3) is 0 Å². The van der Waals surface area contributed by atoms with Crippen LogP contribution in [0, 0.1) is 28.1 Å². The Kier molecular flexibility index (Phi) is 5.16. The fraction of sp³-hybridized carbons (Fsp3) is 0.550. The molecule has 1 amide bonds. The van der Waals surface area contributed by atoms with Crippen molar-refractivity contribution in [1.82, 2.24) is 5.32 Å². The minimum atomic E-state index is -0.188. The molecule has 26 heavy (non-hydrogen) atoms. The van der Waals surface area contributed by atoms with Gasteiger partial charge in [-0.05, 0) is 68.7 Å². The van der Waals surface area contributed by atoms with Crippen molar-refractivity contribution in [3.63, 3.8) is 0 Å². The number of rotatable bonds is 5. The van der Waals surface area contributed by atoms with Crippen molar-refractivity contribution in [1.29, 1.82) is 10.5 Å². The highest BCUT2D eigenvalue weighted by Gasteiger charge is 2.49. The third kappa shape index (κ3) is 3.66. The van der Waals surface area contributed by atoms with Gasteiger partial charge in [0.25, 0.3) is 5.91 Å². The highest BCUT2D eigenvalue weighted by Crippen LogP contribution is 2.52. The molecule has 0 atom stereocenters. The van der Waals surface area contributed by atoms with E-state index in [4.69, 9.17) is 5.26 Å². The maximum absolute atomic E-state index is 13.0. The summed E-state index contributed by atoms with van der Waals surface area (Å²) in [5.74, 6) is -0.104. The fourth-order valence-electron chi connectivity index (χ4n) is 3.93. The Bertz CT molecular complexity index is 765. The van der Waals surface area contributed by atoms with Crippen LogP contribution in [0.2, 0.25) is 0 Å². The number of carbonyl (C=O) groups excluding carboxylic acids is 1. The minimum absolute atomic E-state index is 0.104. The Hall–Kier alpha value is -2.18. The summed E-state index contributed by atoms with van der Waals surface area (Å²) >= 11 is 1.52. The molecule has 5 nitrogen and oxygen atoms in total. The first-order chi connectivity index (χ1) is 12.4. The molecule has 0 heterocycles. The number of nitrogens with zero attached hydrogens (tertiary/aromatic N) is 2. The van der Waals surface area contributed by atoms with E-state index < -0.39 is 0 Å². The second kappa shape index (κ2) is 7.21. The number of hydrogen-bond acceptors (Lipinski definition) is 5. The number of carbonyl (C=O) groups is 1. The molecule has 4 rings (SSSR count). The molecule has 3 aliphatic carbocycles. The van der Waals surface area contributed by atoms with E-state index in [-0.39, 0.29) is 16.9 Å². The second-order valence-electron chi connectivity index (χ2n) is 7.77. The van der Waals surface area contributed by atoms with Crippen molar-refractivity contribution < 1.29 is 4.79 Å². The van der Waals surface area contributed by atoms with Gasteiger partial charge >= 0.3 is 0 Å². The van der Waals surface area contributed by atoms with Gasteiger partial charge in [0.1, 0.15) is 0 Å². The number of fused-ring (bicyclic) bond motifs is 3. The van der Waals surface area contributed by atoms with Crippen LogP contribution in [-0.4, -0.2) is 16.7 Å². The number of benzene rings is 1. The molecule has 3 saturated carbocycles. The Morgan fingerprint density at radius 3 is 2.35 bits per heavy atom.